The van der Waals surface area contributed by atoms with Crippen molar-refractivity contribution in [3.63, 3.8) is 0 Å². The smallest absolute Gasteiger partial charge is 0.131 e. The summed E-state index contributed by atoms with van der Waals surface area (Å²) in [6, 6.07) is 4.29. The van der Waals surface area contributed by atoms with E-state index in [-0.39, 0.29) is 0 Å². The zero-order valence-electron chi connectivity index (χ0n) is 11.2. The maximum atomic E-state index is 4.44. The Labute approximate surface area is 108 Å². The van der Waals surface area contributed by atoms with Crippen LogP contribution in [0.5, 0.6) is 0 Å². The van der Waals surface area contributed by atoms with Crippen LogP contribution in [0.2, 0.25) is 0 Å². The molecule has 92 valence electrons. The normalized spacial score (nSPS) is 10.3. The standard InChI is InChI=1S/C15H17N3/c1-11(2)18-10-15(17-13(18)4)6-5-14-7-8-16-12(3)9-14/h7-11H,1-4H3. The van der Waals surface area contributed by atoms with Gasteiger partial charge in [-0.3, -0.25) is 4.98 Å². The highest BCUT2D eigenvalue weighted by molar-refractivity contribution is 5.39. The van der Waals surface area contributed by atoms with Gasteiger partial charge in [-0.05, 0) is 45.7 Å². The molecule has 2 aromatic rings. The molecule has 0 unspecified atom stereocenters. The molecular weight excluding hydrogens is 222 g/mol. The first-order valence-electron chi connectivity index (χ1n) is 6.06. The first-order valence-corrected chi connectivity index (χ1v) is 6.06. The molecule has 0 atom stereocenters. The molecule has 0 N–H and O–H groups in total. The van der Waals surface area contributed by atoms with Crippen molar-refractivity contribution in [2.45, 2.75) is 33.7 Å². The minimum absolute atomic E-state index is 0.413. The lowest BCUT2D eigenvalue weighted by molar-refractivity contribution is 0.582. The average molecular weight is 239 g/mol. The molecule has 0 saturated carbocycles. The predicted octanol–water partition coefficient (Wildman–Crippen LogP) is 2.88. The molecule has 0 radical (unpaired) electrons. The van der Waals surface area contributed by atoms with Crippen LogP contribution in [0.4, 0.5) is 0 Å². The quantitative estimate of drug-likeness (QED) is 0.716. The van der Waals surface area contributed by atoms with Crippen molar-refractivity contribution in [2.75, 3.05) is 0 Å². The number of nitrogens with zero attached hydrogens (tertiary/aromatic N) is 3. The highest BCUT2D eigenvalue weighted by atomic mass is 15.1. The molecule has 2 aromatic heterocycles. The van der Waals surface area contributed by atoms with Crippen LogP contribution in [0, 0.1) is 25.7 Å². The van der Waals surface area contributed by atoms with E-state index in [0.29, 0.717) is 6.04 Å². The van der Waals surface area contributed by atoms with Crippen molar-refractivity contribution in [1.82, 2.24) is 14.5 Å². The van der Waals surface area contributed by atoms with Gasteiger partial charge in [-0.15, -0.1) is 0 Å². The maximum Gasteiger partial charge on any atom is 0.131 e. The van der Waals surface area contributed by atoms with Crippen molar-refractivity contribution >= 4 is 0 Å². The summed E-state index contributed by atoms with van der Waals surface area (Å²) in [5, 5.41) is 0. The Morgan fingerprint density at radius 3 is 2.61 bits per heavy atom. The van der Waals surface area contributed by atoms with Gasteiger partial charge in [-0.1, -0.05) is 5.92 Å². The third-order valence-corrected chi connectivity index (χ3v) is 2.71. The molecular formula is C15H17N3. The summed E-state index contributed by atoms with van der Waals surface area (Å²) in [5.41, 5.74) is 2.76. The van der Waals surface area contributed by atoms with Gasteiger partial charge in [0.15, 0.2) is 0 Å². The van der Waals surface area contributed by atoms with Gasteiger partial charge in [-0.25, -0.2) is 4.98 Å². The van der Waals surface area contributed by atoms with Crippen LogP contribution in [0.1, 0.15) is 42.7 Å². The van der Waals surface area contributed by atoms with E-state index in [0.717, 1.165) is 22.8 Å². The molecule has 0 amide bonds. The molecule has 0 aromatic carbocycles. The van der Waals surface area contributed by atoms with E-state index in [2.05, 4.69) is 40.2 Å². The van der Waals surface area contributed by atoms with E-state index in [1.165, 1.54) is 0 Å². The van der Waals surface area contributed by atoms with E-state index in [9.17, 15) is 0 Å². The van der Waals surface area contributed by atoms with Gasteiger partial charge in [0, 0.05) is 29.7 Å². The zero-order valence-corrected chi connectivity index (χ0v) is 11.2. The summed E-state index contributed by atoms with van der Waals surface area (Å²) >= 11 is 0. The van der Waals surface area contributed by atoms with Crippen molar-refractivity contribution in [2.24, 2.45) is 0 Å². The van der Waals surface area contributed by atoms with Crippen LogP contribution >= 0.6 is 0 Å². The molecule has 0 bridgehead atoms. The summed E-state index contributed by atoms with van der Waals surface area (Å²) in [4.78, 5) is 8.59. The second-order valence-electron chi connectivity index (χ2n) is 4.61. The van der Waals surface area contributed by atoms with E-state index >= 15 is 0 Å². The van der Waals surface area contributed by atoms with Gasteiger partial charge in [-0.2, -0.15) is 0 Å². The number of imidazole rings is 1. The van der Waals surface area contributed by atoms with Crippen LogP contribution < -0.4 is 0 Å². The average Bonchev–Trinajstić information content (AvgIpc) is 2.68. The fourth-order valence-electron chi connectivity index (χ4n) is 1.83. The lowest BCUT2D eigenvalue weighted by atomic mass is 10.2. The molecule has 0 aliphatic rings. The van der Waals surface area contributed by atoms with Crippen molar-refractivity contribution < 1.29 is 0 Å². The number of aromatic nitrogens is 3. The Balaban J connectivity index is 2.28. The molecule has 0 fully saturated rings. The fourth-order valence-corrected chi connectivity index (χ4v) is 1.83. The van der Waals surface area contributed by atoms with Crippen molar-refractivity contribution in [3.05, 3.63) is 47.3 Å². The summed E-state index contributed by atoms with van der Waals surface area (Å²) in [7, 11) is 0. The zero-order chi connectivity index (χ0) is 13.1. The first-order chi connectivity index (χ1) is 8.56. The second-order valence-corrected chi connectivity index (χ2v) is 4.61. The fraction of sp³-hybridized carbons (Fsp3) is 0.333. The molecule has 0 aliphatic carbocycles. The monoisotopic (exact) mass is 239 g/mol. The van der Waals surface area contributed by atoms with E-state index in [1.807, 2.05) is 32.2 Å². The lowest BCUT2D eigenvalue weighted by Gasteiger charge is -2.06. The molecule has 3 heteroatoms. The van der Waals surface area contributed by atoms with Crippen LogP contribution in [0.25, 0.3) is 0 Å². The third-order valence-electron chi connectivity index (χ3n) is 2.71. The summed E-state index contributed by atoms with van der Waals surface area (Å²) in [6.07, 6.45) is 3.78. The van der Waals surface area contributed by atoms with Crippen molar-refractivity contribution in [3.8, 4) is 11.8 Å². The molecule has 2 heterocycles. The first kappa shape index (κ1) is 12.4. The SMILES string of the molecule is Cc1cc(C#Cc2cn(C(C)C)c(C)n2)ccn1. The van der Waals surface area contributed by atoms with Crippen molar-refractivity contribution in [1.29, 1.82) is 0 Å². The minimum atomic E-state index is 0.413. The Kier molecular flexibility index (Phi) is 3.47. The molecule has 0 spiro atoms. The highest BCUT2D eigenvalue weighted by Crippen LogP contribution is 2.09. The molecule has 3 nitrogen and oxygen atoms in total. The van der Waals surface area contributed by atoms with E-state index in [4.69, 9.17) is 0 Å². The Bertz CT molecular complexity index is 612. The Hall–Kier alpha value is -2.08. The maximum absolute atomic E-state index is 4.44. The number of hydrogen-bond acceptors (Lipinski definition) is 2. The van der Waals surface area contributed by atoms with Crippen LogP contribution in [0.3, 0.4) is 0 Å². The number of pyridine rings is 1. The lowest BCUT2D eigenvalue weighted by Crippen LogP contribution is -2.00. The molecule has 2 rings (SSSR count). The van der Waals surface area contributed by atoms with Crippen LogP contribution in [-0.2, 0) is 0 Å². The topological polar surface area (TPSA) is 30.7 Å². The van der Waals surface area contributed by atoms with Gasteiger partial charge in [0.05, 0.1) is 0 Å². The van der Waals surface area contributed by atoms with Gasteiger partial charge in [0.2, 0.25) is 0 Å². The Morgan fingerprint density at radius 1 is 1.22 bits per heavy atom. The van der Waals surface area contributed by atoms with Gasteiger partial charge in [0.1, 0.15) is 11.5 Å². The predicted molar refractivity (Wildman–Crippen MR) is 72.3 cm³/mol. The second kappa shape index (κ2) is 5.05. The van der Waals surface area contributed by atoms with Gasteiger partial charge >= 0.3 is 0 Å². The van der Waals surface area contributed by atoms with Crippen LogP contribution in [-0.4, -0.2) is 14.5 Å². The van der Waals surface area contributed by atoms with Crippen LogP contribution in [0.15, 0.2) is 24.5 Å². The van der Waals surface area contributed by atoms with E-state index < -0.39 is 0 Å². The third kappa shape index (κ3) is 2.78. The minimum Gasteiger partial charge on any atom is -0.331 e. The van der Waals surface area contributed by atoms with E-state index in [1.54, 1.807) is 6.20 Å². The largest absolute Gasteiger partial charge is 0.331 e. The highest BCUT2D eigenvalue weighted by Gasteiger charge is 2.04. The molecule has 0 aliphatic heterocycles. The molecule has 0 saturated heterocycles. The Morgan fingerprint density at radius 2 is 2.00 bits per heavy atom. The van der Waals surface area contributed by atoms with Gasteiger partial charge in [0.25, 0.3) is 0 Å². The summed E-state index contributed by atoms with van der Waals surface area (Å²) in [6.45, 7) is 8.24. The number of rotatable bonds is 1. The molecule has 18 heavy (non-hydrogen) atoms. The number of hydrogen-bond donors (Lipinski definition) is 0. The summed E-state index contributed by atoms with van der Waals surface area (Å²) < 4.78 is 2.13. The summed E-state index contributed by atoms with van der Waals surface area (Å²) in [5.74, 6) is 7.21. The number of aryl methyl sites for hydroxylation is 2. The van der Waals surface area contributed by atoms with Gasteiger partial charge < -0.3 is 4.57 Å².